The Morgan fingerprint density at radius 3 is 2.72 bits per heavy atom. The van der Waals surface area contributed by atoms with Crippen LogP contribution in [0, 0.1) is 11.3 Å². The molecule has 0 aliphatic rings. The van der Waals surface area contributed by atoms with Gasteiger partial charge in [0.1, 0.15) is 0 Å². The molecule has 3 aromatic rings. The summed E-state index contributed by atoms with van der Waals surface area (Å²) in [5.74, 6) is 1.18. The molecule has 25 heavy (non-hydrogen) atoms. The summed E-state index contributed by atoms with van der Waals surface area (Å²) in [4.78, 5) is 15.5. The molecule has 0 fully saturated rings. The van der Waals surface area contributed by atoms with Crippen LogP contribution in [0.25, 0.3) is 11.4 Å². The van der Waals surface area contributed by atoms with Gasteiger partial charge in [-0.3, -0.25) is 9.89 Å². The first-order chi connectivity index (χ1) is 12.2. The first kappa shape index (κ1) is 16.7. The Morgan fingerprint density at radius 1 is 1.24 bits per heavy atom. The van der Waals surface area contributed by atoms with Gasteiger partial charge in [-0.2, -0.15) is 5.26 Å². The smallest absolute Gasteiger partial charge is 0.221 e. The Hall–Kier alpha value is -3.11. The van der Waals surface area contributed by atoms with Crippen LogP contribution in [0.5, 0.6) is 0 Å². The molecule has 0 radical (unpaired) electrons. The third-order valence-electron chi connectivity index (χ3n) is 3.44. The molecule has 1 amide bonds. The molecule has 6 nitrogen and oxygen atoms in total. The van der Waals surface area contributed by atoms with E-state index in [2.05, 4.69) is 26.6 Å². The number of carbonyl (C=O) groups excluding carboxylic acids is 1. The number of hydrogen-bond donors (Lipinski definition) is 2. The van der Waals surface area contributed by atoms with E-state index < -0.39 is 0 Å². The van der Waals surface area contributed by atoms with Crippen molar-refractivity contribution in [2.75, 3.05) is 5.32 Å². The number of nitriles is 1. The second-order valence-corrected chi connectivity index (χ2v) is 6.23. The number of H-pyrrole nitrogens is 1. The molecule has 7 heteroatoms. The van der Waals surface area contributed by atoms with E-state index in [-0.39, 0.29) is 5.91 Å². The lowest BCUT2D eigenvalue weighted by atomic mass is 10.1. The summed E-state index contributed by atoms with van der Waals surface area (Å²) >= 11 is 1.47. The van der Waals surface area contributed by atoms with Crippen LogP contribution >= 0.6 is 11.8 Å². The molecule has 0 aliphatic carbocycles. The second-order valence-electron chi connectivity index (χ2n) is 5.28. The number of aromatic amines is 1. The second kappa shape index (κ2) is 7.64. The molecule has 1 heterocycles. The lowest BCUT2D eigenvalue weighted by molar-refractivity contribution is -0.114. The molecule has 2 N–H and O–H groups in total. The predicted octanol–water partition coefficient (Wildman–Crippen LogP) is 3.59. The zero-order valence-corrected chi connectivity index (χ0v) is 14.3. The fourth-order valence-electron chi connectivity index (χ4n) is 2.25. The van der Waals surface area contributed by atoms with E-state index in [1.165, 1.54) is 18.7 Å². The molecule has 3 rings (SSSR count). The number of benzene rings is 2. The highest BCUT2D eigenvalue weighted by molar-refractivity contribution is 7.98. The molecule has 1 aromatic heterocycles. The van der Waals surface area contributed by atoms with Gasteiger partial charge in [0.2, 0.25) is 11.1 Å². The topological polar surface area (TPSA) is 94.5 Å². The Kier molecular flexibility index (Phi) is 5.11. The number of nitrogens with zero attached hydrogens (tertiary/aromatic N) is 3. The summed E-state index contributed by atoms with van der Waals surface area (Å²) in [5.41, 5.74) is 3.24. The lowest BCUT2D eigenvalue weighted by Crippen LogP contribution is -2.05. The number of amides is 1. The lowest BCUT2D eigenvalue weighted by Gasteiger charge is -2.02. The van der Waals surface area contributed by atoms with Gasteiger partial charge >= 0.3 is 0 Å². The summed E-state index contributed by atoms with van der Waals surface area (Å²) < 4.78 is 0. The van der Waals surface area contributed by atoms with Crippen molar-refractivity contribution >= 4 is 23.4 Å². The van der Waals surface area contributed by atoms with Crippen LogP contribution in [0.4, 0.5) is 5.69 Å². The number of carbonyl (C=O) groups is 1. The van der Waals surface area contributed by atoms with E-state index in [0.29, 0.717) is 22.3 Å². The maximum atomic E-state index is 11.0. The van der Waals surface area contributed by atoms with Gasteiger partial charge in [0.25, 0.3) is 0 Å². The number of anilines is 1. The fraction of sp³-hybridized carbons (Fsp3) is 0.111. The zero-order valence-electron chi connectivity index (χ0n) is 13.5. The van der Waals surface area contributed by atoms with Crippen LogP contribution in [0.2, 0.25) is 0 Å². The summed E-state index contributed by atoms with van der Waals surface area (Å²) in [6.45, 7) is 1.47. The zero-order chi connectivity index (χ0) is 17.6. The van der Waals surface area contributed by atoms with Crippen molar-refractivity contribution in [1.82, 2.24) is 15.2 Å². The third-order valence-corrected chi connectivity index (χ3v) is 4.33. The van der Waals surface area contributed by atoms with Gasteiger partial charge in [0.05, 0.1) is 11.6 Å². The van der Waals surface area contributed by atoms with Crippen LogP contribution in [0.3, 0.4) is 0 Å². The third kappa shape index (κ3) is 4.25. The summed E-state index contributed by atoms with van der Waals surface area (Å²) in [7, 11) is 0. The minimum Gasteiger partial charge on any atom is -0.326 e. The molecule has 0 unspecified atom stereocenters. The number of thioether (sulfide) groups is 1. The van der Waals surface area contributed by atoms with Crippen LogP contribution in [-0.2, 0) is 10.5 Å². The average Bonchev–Trinajstić information content (AvgIpc) is 3.09. The van der Waals surface area contributed by atoms with Crippen molar-refractivity contribution in [2.45, 2.75) is 17.8 Å². The van der Waals surface area contributed by atoms with Gasteiger partial charge in [-0.05, 0) is 35.9 Å². The van der Waals surface area contributed by atoms with Crippen LogP contribution < -0.4 is 5.32 Å². The van der Waals surface area contributed by atoms with Crippen molar-refractivity contribution in [3.63, 3.8) is 0 Å². The van der Waals surface area contributed by atoms with Crippen LogP contribution in [0.15, 0.2) is 53.7 Å². The predicted molar refractivity (Wildman–Crippen MR) is 96.8 cm³/mol. The average molecular weight is 349 g/mol. The first-order valence-corrected chi connectivity index (χ1v) is 8.55. The summed E-state index contributed by atoms with van der Waals surface area (Å²) in [5, 5.41) is 19.6. The molecule has 0 aliphatic heterocycles. The van der Waals surface area contributed by atoms with Crippen molar-refractivity contribution < 1.29 is 4.79 Å². The monoisotopic (exact) mass is 349 g/mol. The minimum absolute atomic E-state index is 0.108. The molecule has 0 saturated heterocycles. The Bertz CT molecular complexity index is 927. The first-order valence-electron chi connectivity index (χ1n) is 7.57. The maximum absolute atomic E-state index is 11.0. The van der Waals surface area contributed by atoms with E-state index in [1.807, 2.05) is 42.5 Å². The standard InChI is InChI=1S/C18H15N5OS/c1-12(24)20-16-8-6-13(7-9-16)17-21-18(23-22-17)25-11-15-5-3-2-4-14(15)10-19/h2-9H,11H2,1H3,(H,20,24)(H,21,22,23). The van der Waals surface area contributed by atoms with E-state index in [9.17, 15) is 4.79 Å². The van der Waals surface area contributed by atoms with Gasteiger partial charge in [0, 0.05) is 23.9 Å². The van der Waals surface area contributed by atoms with Crippen molar-refractivity contribution in [1.29, 1.82) is 5.26 Å². The Morgan fingerprint density at radius 2 is 2.00 bits per heavy atom. The number of rotatable bonds is 5. The molecule has 0 atom stereocenters. The number of hydrogen-bond acceptors (Lipinski definition) is 5. The van der Waals surface area contributed by atoms with E-state index >= 15 is 0 Å². The minimum atomic E-state index is -0.108. The van der Waals surface area contributed by atoms with Crippen molar-refractivity contribution in [3.05, 3.63) is 59.7 Å². The van der Waals surface area contributed by atoms with E-state index in [1.54, 1.807) is 6.07 Å². The van der Waals surface area contributed by atoms with Gasteiger partial charge in [-0.1, -0.05) is 30.0 Å². The summed E-state index contributed by atoms with van der Waals surface area (Å²) in [6.07, 6.45) is 0. The maximum Gasteiger partial charge on any atom is 0.221 e. The normalized spacial score (nSPS) is 10.2. The van der Waals surface area contributed by atoms with Crippen molar-refractivity contribution in [2.24, 2.45) is 0 Å². The molecule has 0 bridgehead atoms. The molecular weight excluding hydrogens is 334 g/mol. The number of aromatic nitrogens is 3. The van der Waals surface area contributed by atoms with Crippen molar-refractivity contribution in [3.8, 4) is 17.5 Å². The molecule has 124 valence electrons. The largest absolute Gasteiger partial charge is 0.326 e. The number of nitrogens with one attached hydrogen (secondary N) is 2. The van der Waals surface area contributed by atoms with Crippen LogP contribution in [0.1, 0.15) is 18.1 Å². The highest BCUT2D eigenvalue weighted by atomic mass is 32.2. The van der Waals surface area contributed by atoms with Gasteiger partial charge in [-0.25, -0.2) is 4.98 Å². The molecule has 0 saturated carbocycles. The SMILES string of the molecule is CC(=O)Nc1ccc(-c2nc(SCc3ccccc3C#N)n[nH]2)cc1. The highest BCUT2D eigenvalue weighted by Gasteiger charge is 2.08. The Labute approximate surface area is 149 Å². The molecule has 0 spiro atoms. The molecular formula is C18H15N5OS. The van der Waals surface area contributed by atoms with Gasteiger partial charge in [0.15, 0.2) is 5.82 Å². The highest BCUT2D eigenvalue weighted by Crippen LogP contribution is 2.24. The van der Waals surface area contributed by atoms with Gasteiger partial charge in [-0.15, -0.1) is 5.10 Å². The fourth-order valence-corrected chi connectivity index (χ4v) is 3.05. The van der Waals surface area contributed by atoms with Gasteiger partial charge < -0.3 is 5.32 Å². The van der Waals surface area contributed by atoms with E-state index in [4.69, 9.17) is 5.26 Å². The summed E-state index contributed by atoms with van der Waals surface area (Å²) in [6, 6.07) is 17.0. The Balaban J connectivity index is 1.68. The van der Waals surface area contributed by atoms with Crippen LogP contribution in [-0.4, -0.2) is 21.1 Å². The quantitative estimate of drug-likeness (QED) is 0.686. The molecule has 2 aromatic carbocycles. The van der Waals surface area contributed by atoms with E-state index in [0.717, 1.165) is 16.8 Å².